The fraction of sp³-hybridized carbons (Fsp3) is 0.357. The minimum absolute atomic E-state index is 0.307. The quantitative estimate of drug-likeness (QED) is 0.736. The molecule has 0 unspecified atom stereocenters. The van der Waals surface area contributed by atoms with Crippen LogP contribution < -0.4 is 0 Å². The van der Waals surface area contributed by atoms with Crippen molar-refractivity contribution in [3.8, 4) is 0 Å². The Labute approximate surface area is 101 Å². The number of hydrogen-bond donors (Lipinski definition) is 0. The lowest BCUT2D eigenvalue weighted by Gasteiger charge is -2.04. The zero-order chi connectivity index (χ0) is 11.2. The predicted molar refractivity (Wildman–Crippen MR) is 68.7 cm³/mol. The highest BCUT2D eigenvalue weighted by Gasteiger charge is 2.08. The van der Waals surface area contributed by atoms with Crippen molar-refractivity contribution in [2.24, 2.45) is 0 Å². The van der Waals surface area contributed by atoms with E-state index in [9.17, 15) is 4.79 Å². The second kappa shape index (κ2) is 5.90. The van der Waals surface area contributed by atoms with Crippen LogP contribution in [0.15, 0.2) is 46.9 Å². The molecule has 0 spiro atoms. The first-order valence-electron chi connectivity index (χ1n) is 5.75. The fourth-order valence-electron chi connectivity index (χ4n) is 1.83. The van der Waals surface area contributed by atoms with E-state index in [1.807, 2.05) is 23.9 Å². The monoisotopic (exact) mass is 232 g/mol. The van der Waals surface area contributed by atoms with Crippen LogP contribution in [0, 0.1) is 0 Å². The number of hydrogen-bond acceptors (Lipinski definition) is 2. The van der Waals surface area contributed by atoms with Crippen molar-refractivity contribution in [2.45, 2.75) is 30.6 Å². The van der Waals surface area contributed by atoms with Crippen molar-refractivity contribution in [3.63, 3.8) is 0 Å². The first kappa shape index (κ1) is 11.5. The number of ketones is 1. The molecule has 1 aliphatic carbocycles. The topological polar surface area (TPSA) is 17.1 Å². The summed E-state index contributed by atoms with van der Waals surface area (Å²) >= 11 is 1.82. The van der Waals surface area contributed by atoms with Crippen molar-refractivity contribution >= 4 is 17.5 Å². The van der Waals surface area contributed by atoms with E-state index in [4.69, 9.17) is 0 Å². The number of carbonyl (C=O) groups is 1. The van der Waals surface area contributed by atoms with E-state index < -0.39 is 0 Å². The maximum Gasteiger partial charge on any atom is 0.155 e. The van der Waals surface area contributed by atoms with E-state index in [0.29, 0.717) is 5.78 Å². The zero-order valence-corrected chi connectivity index (χ0v) is 10.1. The van der Waals surface area contributed by atoms with Gasteiger partial charge in [0, 0.05) is 17.1 Å². The Morgan fingerprint density at radius 3 is 2.62 bits per heavy atom. The van der Waals surface area contributed by atoms with Crippen molar-refractivity contribution in [1.82, 2.24) is 0 Å². The average Bonchev–Trinajstić information content (AvgIpc) is 2.52. The Kier molecular flexibility index (Phi) is 4.23. The molecule has 1 aromatic rings. The molecular weight excluding hydrogens is 216 g/mol. The molecule has 1 nitrogen and oxygen atoms in total. The van der Waals surface area contributed by atoms with Crippen LogP contribution in [0.25, 0.3) is 0 Å². The molecule has 0 saturated heterocycles. The third-order valence-electron chi connectivity index (χ3n) is 2.70. The first-order valence-corrected chi connectivity index (χ1v) is 6.73. The van der Waals surface area contributed by atoms with Crippen LogP contribution >= 0.6 is 11.8 Å². The minimum Gasteiger partial charge on any atom is -0.295 e. The molecule has 2 heteroatoms. The summed E-state index contributed by atoms with van der Waals surface area (Å²) in [5, 5.41) is 0. The molecule has 16 heavy (non-hydrogen) atoms. The van der Waals surface area contributed by atoms with Gasteiger partial charge in [0.15, 0.2) is 5.78 Å². The Bertz CT molecular complexity index is 381. The lowest BCUT2D eigenvalue weighted by atomic mass is 10.1. The summed E-state index contributed by atoms with van der Waals surface area (Å²) in [6.07, 6.45) is 5.90. The summed E-state index contributed by atoms with van der Waals surface area (Å²) in [5.74, 6) is 1.26. The molecule has 0 radical (unpaired) electrons. The van der Waals surface area contributed by atoms with Gasteiger partial charge >= 0.3 is 0 Å². The molecule has 0 amide bonds. The number of benzene rings is 1. The molecule has 0 atom stereocenters. The highest BCUT2D eigenvalue weighted by molar-refractivity contribution is 7.99. The molecule has 1 aliphatic rings. The summed E-state index contributed by atoms with van der Waals surface area (Å²) in [6, 6.07) is 10.4. The fourth-order valence-corrected chi connectivity index (χ4v) is 2.76. The van der Waals surface area contributed by atoms with E-state index in [-0.39, 0.29) is 0 Å². The molecule has 0 aromatic heterocycles. The molecular formula is C14H16OS. The molecule has 0 fully saturated rings. The molecule has 0 saturated carbocycles. The Hall–Kier alpha value is -1.02. The van der Waals surface area contributed by atoms with Crippen LogP contribution in [0.4, 0.5) is 0 Å². The maximum atomic E-state index is 11.4. The Balaban J connectivity index is 1.92. The molecule has 0 aliphatic heterocycles. The number of allylic oxidation sites excluding steroid dienone is 1. The molecule has 2 rings (SSSR count). The van der Waals surface area contributed by atoms with E-state index in [1.165, 1.54) is 10.5 Å². The molecule has 1 aromatic carbocycles. The minimum atomic E-state index is 0.307. The zero-order valence-electron chi connectivity index (χ0n) is 9.32. The summed E-state index contributed by atoms with van der Waals surface area (Å²) in [4.78, 5) is 12.7. The highest BCUT2D eigenvalue weighted by Crippen LogP contribution is 2.24. The van der Waals surface area contributed by atoms with Gasteiger partial charge in [-0.2, -0.15) is 0 Å². The van der Waals surface area contributed by atoms with Crippen LogP contribution in [0.5, 0.6) is 0 Å². The van der Waals surface area contributed by atoms with Gasteiger partial charge in [0.05, 0.1) is 0 Å². The average molecular weight is 232 g/mol. The Morgan fingerprint density at radius 1 is 1.06 bits per heavy atom. The van der Waals surface area contributed by atoms with Gasteiger partial charge < -0.3 is 0 Å². The number of thioether (sulfide) groups is 1. The highest BCUT2D eigenvalue weighted by atomic mass is 32.2. The van der Waals surface area contributed by atoms with Crippen molar-refractivity contribution < 1.29 is 4.79 Å². The summed E-state index contributed by atoms with van der Waals surface area (Å²) in [5.41, 5.74) is 1.30. The van der Waals surface area contributed by atoms with Crippen molar-refractivity contribution in [3.05, 3.63) is 42.0 Å². The third-order valence-corrected chi connectivity index (χ3v) is 3.82. The van der Waals surface area contributed by atoms with Crippen LogP contribution in [0.3, 0.4) is 0 Å². The van der Waals surface area contributed by atoms with E-state index >= 15 is 0 Å². The van der Waals surface area contributed by atoms with E-state index in [2.05, 4.69) is 24.3 Å². The number of rotatable bonds is 3. The summed E-state index contributed by atoms with van der Waals surface area (Å²) in [6.45, 7) is 0. The van der Waals surface area contributed by atoms with Gasteiger partial charge in [0.25, 0.3) is 0 Å². The van der Waals surface area contributed by atoms with E-state index in [0.717, 1.165) is 31.4 Å². The lowest BCUT2D eigenvalue weighted by molar-refractivity contribution is -0.114. The van der Waals surface area contributed by atoms with Gasteiger partial charge in [-0.3, -0.25) is 4.79 Å². The SMILES string of the molecule is O=C1C=C(CSc2ccccc2)CCCC1. The maximum absolute atomic E-state index is 11.4. The van der Waals surface area contributed by atoms with Crippen LogP contribution in [-0.2, 0) is 4.79 Å². The van der Waals surface area contributed by atoms with Crippen molar-refractivity contribution in [2.75, 3.05) is 5.75 Å². The van der Waals surface area contributed by atoms with Gasteiger partial charge in [-0.15, -0.1) is 11.8 Å². The predicted octanol–water partition coefficient (Wildman–Crippen LogP) is 3.85. The van der Waals surface area contributed by atoms with Gasteiger partial charge in [0.1, 0.15) is 0 Å². The smallest absolute Gasteiger partial charge is 0.155 e. The Morgan fingerprint density at radius 2 is 1.81 bits per heavy atom. The first-order chi connectivity index (χ1) is 7.84. The lowest BCUT2D eigenvalue weighted by Crippen LogP contribution is -1.92. The third kappa shape index (κ3) is 3.53. The number of carbonyl (C=O) groups excluding carboxylic acids is 1. The standard InChI is InChI=1S/C14H16OS/c15-13-7-5-4-6-12(10-13)11-16-14-8-2-1-3-9-14/h1-3,8-10H,4-7,11H2. The van der Waals surface area contributed by atoms with Crippen LogP contribution in [-0.4, -0.2) is 11.5 Å². The second-order valence-electron chi connectivity index (χ2n) is 4.08. The van der Waals surface area contributed by atoms with Crippen LogP contribution in [0.2, 0.25) is 0 Å². The van der Waals surface area contributed by atoms with Gasteiger partial charge in [0.2, 0.25) is 0 Å². The molecule has 0 heterocycles. The van der Waals surface area contributed by atoms with Gasteiger partial charge in [-0.1, -0.05) is 23.8 Å². The molecule has 0 N–H and O–H groups in total. The van der Waals surface area contributed by atoms with Crippen molar-refractivity contribution in [1.29, 1.82) is 0 Å². The van der Waals surface area contributed by atoms with Crippen LogP contribution in [0.1, 0.15) is 25.7 Å². The van der Waals surface area contributed by atoms with Gasteiger partial charge in [-0.05, 0) is 37.5 Å². The largest absolute Gasteiger partial charge is 0.295 e. The van der Waals surface area contributed by atoms with E-state index in [1.54, 1.807) is 0 Å². The normalized spacial score (nSPS) is 16.8. The summed E-state index contributed by atoms with van der Waals surface area (Å²) in [7, 11) is 0. The van der Waals surface area contributed by atoms with Gasteiger partial charge in [-0.25, -0.2) is 0 Å². The summed E-state index contributed by atoms with van der Waals surface area (Å²) < 4.78 is 0. The molecule has 84 valence electrons. The second-order valence-corrected chi connectivity index (χ2v) is 5.13. The molecule has 0 bridgehead atoms.